The van der Waals surface area contributed by atoms with Crippen LogP contribution in [-0.4, -0.2) is 27.2 Å². The number of rotatable bonds is 6. The van der Waals surface area contributed by atoms with Crippen molar-refractivity contribution in [1.82, 2.24) is 20.5 Å². The van der Waals surface area contributed by atoms with E-state index in [1.807, 2.05) is 0 Å². The van der Waals surface area contributed by atoms with Crippen LogP contribution in [-0.2, 0) is 16.8 Å². The van der Waals surface area contributed by atoms with E-state index in [0.717, 1.165) is 0 Å². The Kier molecular flexibility index (Phi) is 5.39. The van der Waals surface area contributed by atoms with Gasteiger partial charge in [-0.05, 0) is 18.4 Å². The first-order valence-corrected chi connectivity index (χ1v) is 7.55. The van der Waals surface area contributed by atoms with Crippen molar-refractivity contribution in [3.05, 3.63) is 47.0 Å². The molecule has 0 radical (unpaired) electrons. The van der Waals surface area contributed by atoms with Gasteiger partial charge in [-0.2, -0.15) is 13.6 Å². The number of halogens is 5. The van der Waals surface area contributed by atoms with Crippen molar-refractivity contribution in [2.24, 2.45) is 0 Å². The fraction of sp³-hybridized carbons (Fsp3) is 0.250. The second-order valence-electron chi connectivity index (χ2n) is 4.33. The first kappa shape index (κ1) is 18.1. The van der Waals surface area contributed by atoms with Gasteiger partial charge < -0.3 is 0 Å². The van der Waals surface area contributed by atoms with Crippen molar-refractivity contribution in [3.8, 4) is 0 Å². The van der Waals surface area contributed by atoms with Gasteiger partial charge in [0.2, 0.25) is 0 Å². The first-order chi connectivity index (χ1) is 11.3. The van der Waals surface area contributed by atoms with Crippen LogP contribution < -0.4 is 5.48 Å². The average Bonchev–Trinajstić information content (AvgIpc) is 2.99. The van der Waals surface area contributed by atoms with Crippen LogP contribution in [0, 0.1) is 17.5 Å². The molecule has 6 nitrogen and oxygen atoms in total. The lowest BCUT2D eigenvalue weighted by Gasteiger charge is -2.17. The molecule has 0 atom stereocenters. The summed E-state index contributed by atoms with van der Waals surface area (Å²) in [6, 6.07) is 0.607. The summed E-state index contributed by atoms with van der Waals surface area (Å²) >= 11 is 1.37. The van der Waals surface area contributed by atoms with Crippen LogP contribution in [0.15, 0.2) is 18.3 Å². The first-order valence-electron chi connectivity index (χ1n) is 6.15. The number of hydroxylamine groups is 1. The van der Waals surface area contributed by atoms with Gasteiger partial charge in [0.15, 0.2) is 23.1 Å². The number of aromatic nitrogens is 3. The zero-order chi connectivity index (χ0) is 17.9. The van der Waals surface area contributed by atoms with Crippen molar-refractivity contribution in [2.75, 3.05) is 6.26 Å². The quantitative estimate of drug-likeness (QED) is 0.482. The average molecular weight is 368 g/mol. The van der Waals surface area contributed by atoms with Crippen LogP contribution in [0.5, 0.6) is 0 Å². The summed E-state index contributed by atoms with van der Waals surface area (Å²) in [4.78, 5) is 15.5. The van der Waals surface area contributed by atoms with E-state index in [1.54, 1.807) is 6.26 Å². The molecule has 12 heteroatoms. The molecule has 1 aromatic heterocycles. The van der Waals surface area contributed by atoms with Crippen LogP contribution in [0.2, 0.25) is 0 Å². The van der Waals surface area contributed by atoms with E-state index in [1.165, 1.54) is 28.1 Å². The summed E-state index contributed by atoms with van der Waals surface area (Å²) in [5.74, 6) is -6.65. The third-order valence-corrected chi connectivity index (χ3v) is 3.18. The highest BCUT2D eigenvalue weighted by molar-refractivity contribution is 7.97. The maximum atomic E-state index is 13.7. The Morgan fingerprint density at radius 1 is 1.33 bits per heavy atom. The second kappa shape index (κ2) is 7.13. The zero-order valence-corrected chi connectivity index (χ0v) is 12.7. The zero-order valence-electron chi connectivity index (χ0n) is 11.9. The molecule has 24 heavy (non-hydrogen) atoms. The number of amides is 1. The molecule has 1 N–H and O–H groups in total. The lowest BCUT2D eigenvalue weighted by atomic mass is 10.2. The van der Waals surface area contributed by atoms with Crippen LogP contribution in [0.1, 0.15) is 16.1 Å². The third-order valence-electron chi connectivity index (χ3n) is 2.65. The second-order valence-corrected chi connectivity index (χ2v) is 5.17. The Hall–Kier alpha value is -2.21. The molecule has 0 spiro atoms. The minimum Gasteiger partial charge on any atom is -0.265 e. The molecule has 0 fully saturated rings. The highest BCUT2D eigenvalue weighted by Gasteiger charge is 2.39. The van der Waals surface area contributed by atoms with Gasteiger partial charge in [-0.1, -0.05) is 5.21 Å². The number of carbonyl (C=O) groups is 1. The summed E-state index contributed by atoms with van der Waals surface area (Å²) in [7, 11) is 0. The monoisotopic (exact) mass is 368 g/mol. The Balaban J connectivity index is 2.09. The van der Waals surface area contributed by atoms with Gasteiger partial charge >= 0.3 is 6.11 Å². The molecular formula is C12H9F5N4O2S. The Morgan fingerprint density at radius 3 is 2.71 bits per heavy atom. The number of alkyl halides is 2. The smallest absolute Gasteiger partial charge is 0.265 e. The van der Waals surface area contributed by atoms with Gasteiger partial charge in [0, 0.05) is 0 Å². The molecule has 0 bridgehead atoms. The molecular weight excluding hydrogens is 359 g/mol. The molecule has 130 valence electrons. The molecule has 1 amide bonds. The van der Waals surface area contributed by atoms with Gasteiger partial charge in [-0.3, -0.25) is 4.79 Å². The van der Waals surface area contributed by atoms with E-state index in [2.05, 4.69) is 15.1 Å². The van der Waals surface area contributed by atoms with Gasteiger partial charge in [0.25, 0.3) is 5.91 Å². The molecule has 0 saturated carbocycles. The van der Waals surface area contributed by atoms with Crippen LogP contribution in [0.25, 0.3) is 0 Å². The Bertz CT molecular complexity index is 755. The normalized spacial score (nSPS) is 11.6. The standard InChI is InChI=1S/C12H9F5N4O2S/c1-24-5-21-4-8(18-20-21)11(22)19-23-12(16,17)6-2-3-7(13)10(15)9(6)14/h2-4H,5H2,1H3,(H,19,22). The summed E-state index contributed by atoms with van der Waals surface area (Å²) in [5, 5.41) is 6.99. The Morgan fingerprint density at radius 2 is 2.04 bits per heavy atom. The largest absolute Gasteiger partial charge is 0.405 e. The number of nitrogens with one attached hydrogen (secondary N) is 1. The highest BCUT2D eigenvalue weighted by Crippen LogP contribution is 2.32. The van der Waals surface area contributed by atoms with Crippen molar-refractivity contribution in [2.45, 2.75) is 12.0 Å². The maximum absolute atomic E-state index is 13.7. The number of carbonyl (C=O) groups excluding carboxylic acids is 1. The highest BCUT2D eigenvalue weighted by atomic mass is 32.2. The molecule has 0 unspecified atom stereocenters. The fourth-order valence-corrected chi connectivity index (χ4v) is 1.96. The van der Waals surface area contributed by atoms with Crippen molar-refractivity contribution < 1.29 is 31.6 Å². The number of hydrogen-bond acceptors (Lipinski definition) is 5. The van der Waals surface area contributed by atoms with Crippen LogP contribution in [0.4, 0.5) is 22.0 Å². The van der Waals surface area contributed by atoms with Crippen molar-refractivity contribution in [3.63, 3.8) is 0 Å². The topological polar surface area (TPSA) is 69.0 Å². The van der Waals surface area contributed by atoms with Gasteiger partial charge in [0.05, 0.1) is 17.6 Å². The van der Waals surface area contributed by atoms with Crippen molar-refractivity contribution in [1.29, 1.82) is 0 Å². The van der Waals surface area contributed by atoms with E-state index in [4.69, 9.17) is 0 Å². The molecule has 1 aromatic carbocycles. The van der Waals surface area contributed by atoms with Crippen LogP contribution >= 0.6 is 11.8 Å². The van der Waals surface area contributed by atoms with E-state index in [-0.39, 0.29) is 5.69 Å². The van der Waals surface area contributed by atoms with Crippen molar-refractivity contribution >= 4 is 17.7 Å². The van der Waals surface area contributed by atoms with E-state index >= 15 is 0 Å². The summed E-state index contributed by atoms with van der Waals surface area (Å²) in [6.07, 6.45) is -1.50. The van der Waals surface area contributed by atoms with Gasteiger partial charge in [-0.15, -0.1) is 16.9 Å². The Labute approximate surface area is 135 Å². The minimum atomic E-state index is -4.44. The maximum Gasteiger partial charge on any atom is 0.405 e. The van der Waals surface area contributed by atoms with E-state index in [0.29, 0.717) is 18.0 Å². The molecule has 2 aromatic rings. The van der Waals surface area contributed by atoms with E-state index in [9.17, 15) is 26.7 Å². The molecule has 1 heterocycles. The fourth-order valence-electron chi connectivity index (χ4n) is 1.57. The summed E-state index contributed by atoms with van der Waals surface area (Å²) in [5.41, 5.74) is -0.544. The van der Waals surface area contributed by atoms with Gasteiger partial charge in [0.1, 0.15) is 0 Å². The molecule has 0 saturated heterocycles. The lowest BCUT2D eigenvalue weighted by molar-refractivity contribution is -0.274. The number of hydrogen-bond donors (Lipinski definition) is 1. The number of thioether (sulfide) groups is 1. The molecule has 2 rings (SSSR count). The lowest BCUT2D eigenvalue weighted by Crippen LogP contribution is -2.33. The van der Waals surface area contributed by atoms with E-state index < -0.39 is 35.0 Å². The predicted molar refractivity (Wildman–Crippen MR) is 72.3 cm³/mol. The predicted octanol–water partition coefficient (Wildman–Crippen LogP) is 2.43. The number of nitrogens with zero attached hydrogens (tertiary/aromatic N) is 3. The minimum absolute atomic E-state index is 0.300. The van der Waals surface area contributed by atoms with Gasteiger partial charge in [-0.25, -0.2) is 23.3 Å². The molecule has 0 aliphatic rings. The molecule has 0 aliphatic carbocycles. The molecule has 0 aliphatic heterocycles. The summed E-state index contributed by atoms with van der Waals surface area (Å²) in [6.45, 7) is 0. The third kappa shape index (κ3) is 3.82. The summed E-state index contributed by atoms with van der Waals surface area (Å²) < 4.78 is 67.9. The number of benzene rings is 1. The SMILES string of the molecule is CSCn1cc(C(=O)NOC(F)(F)c2ccc(F)c(F)c2F)nn1. The van der Waals surface area contributed by atoms with Crippen LogP contribution in [0.3, 0.4) is 0 Å².